The lowest BCUT2D eigenvalue weighted by atomic mass is 10.1. The maximum atomic E-state index is 13.0. The highest BCUT2D eigenvalue weighted by atomic mass is 79.9. The van der Waals surface area contributed by atoms with Gasteiger partial charge in [-0.05, 0) is 73.2 Å². The second-order valence-corrected chi connectivity index (χ2v) is 7.53. The molecule has 0 saturated heterocycles. The summed E-state index contributed by atoms with van der Waals surface area (Å²) in [4.78, 5) is 24.3. The molecule has 0 saturated carbocycles. The van der Waals surface area contributed by atoms with Crippen molar-refractivity contribution >= 4 is 33.4 Å². The van der Waals surface area contributed by atoms with Crippen LogP contribution in [0.2, 0.25) is 0 Å². The van der Waals surface area contributed by atoms with E-state index < -0.39 is 5.82 Å². The summed E-state index contributed by atoms with van der Waals surface area (Å²) in [6.45, 7) is 1.78. The van der Waals surface area contributed by atoms with Crippen LogP contribution in [0.5, 0.6) is 5.75 Å². The number of benzene rings is 3. The zero-order valence-electron chi connectivity index (χ0n) is 16.2. The monoisotopic (exact) mass is 470 g/mol. The number of carbonyl (C=O) groups is 2. The van der Waals surface area contributed by atoms with Gasteiger partial charge < -0.3 is 15.4 Å². The van der Waals surface area contributed by atoms with Gasteiger partial charge in [-0.2, -0.15) is 0 Å². The summed E-state index contributed by atoms with van der Waals surface area (Å²) in [5.41, 5.74) is 1.85. The smallest absolute Gasteiger partial charge is 0.258 e. The Balaban J connectivity index is 1.50. The Labute approximate surface area is 182 Å². The number of nitrogens with one attached hydrogen (secondary N) is 2. The van der Waals surface area contributed by atoms with E-state index in [1.807, 2.05) is 31.2 Å². The summed E-state index contributed by atoms with van der Waals surface area (Å²) < 4.78 is 19.4. The van der Waals surface area contributed by atoms with Gasteiger partial charge in [0.05, 0.1) is 6.04 Å². The molecular formula is C23H20BrFN2O3. The van der Waals surface area contributed by atoms with Crippen LogP contribution in [-0.2, 0) is 4.79 Å². The van der Waals surface area contributed by atoms with Crippen LogP contribution in [0.3, 0.4) is 0 Å². The molecule has 0 aromatic heterocycles. The summed E-state index contributed by atoms with van der Waals surface area (Å²) in [5, 5.41) is 5.63. The lowest BCUT2D eigenvalue weighted by molar-refractivity contribution is -0.123. The van der Waals surface area contributed by atoms with Crippen LogP contribution in [0, 0.1) is 5.82 Å². The van der Waals surface area contributed by atoms with Crippen molar-refractivity contribution in [1.82, 2.24) is 5.32 Å². The van der Waals surface area contributed by atoms with Gasteiger partial charge in [0.1, 0.15) is 11.6 Å². The van der Waals surface area contributed by atoms with Crippen LogP contribution in [0.1, 0.15) is 28.9 Å². The van der Waals surface area contributed by atoms with Gasteiger partial charge >= 0.3 is 0 Å². The first kappa shape index (κ1) is 21.5. The van der Waals surface area contributed by atoms with Gasteiger partial charge in [0.25, 0.3) is 11.8 Å². The SMILES string of the molecule is CC(NC(=O)COc1ccc(Br)cc1)c1ccc(NC(=O)c2ccc(F)cc2)cc1. The minimum absolute atomic E-state index is 0.0855. The maximum Gasteiger partial charge on any atom is 0.258 e. The molecule has 0 aliphatic heterocycles. The number of hydrogen-bond acceptors (Lipinski definition) is 3. The lowest BCUT2D eigenvalue weighted by Crippen LogP contribution is -2.31. The summed E-state index contributed by atoms with van der Waals surface area (Å²) in [6, 6.07) is 19.5. The van der Waals surface area contributed by atoms with E-state index in [4.69, 9.17) is 4.74 Å². The van der Waals surface area contributed by atoms with E-state index in [0.29, 0.717) is 17.0 Å². The predicted molar refractivity (Wildman–Crippen MR) is 117 cm³/mol. The molecule has 1 unspecified atom stereocenters. The first-order valence-corrected chi connectivity index (χ1v) is 10.0. The topological polar surface area (TPSA) is 67.4 Å². The van der Waals surface area contributed by atoms with Crippen molar-refractivity contribution in [2.75, 3.05) is 11.9 Å². The molecule has 3 aromatic rings. The largest absolute Gasteiger partial charge is 0.484 e. The van der Waals surface area contributed by atoms with Gasteiger partial charge in [0, 0.05) is 15.7 Å². The number of halogens is 2. The van der Waals surface area contributed by atoms with E-state index >= 15 is 0 Å². The molecule has 0 fully saturated rings. The molecule has 5 nitrogen and oxygen atoms in total. The van der Waals surface area contributed by atoms with E-state index in [-0.39, 0.29) is 24.5 Å². The van der Waals surface area contributed by atoms with E-state index in [0.717, 1.165) is 10.0 Å². The van der Waals surface area contributed by atoms with Crippen LogP contribution in [-0.4, -0.2) is 18.4 Å². The fourth-order valence-electron chi connectivity index (χ4n) is 2.71. The highest BCUT2D eigenvalue weighted by Crippen LogP contribution is 2.18. The van der Waals surface area contributed by atoms with Crippen molar-refractivity contribution in [2.24, 2.45) is 0 Å². The zero-order chi connectivity index (χ0) is 21.5. The number of amides is 2. The van der Waals surface area contributed by atoms with Gasteiger partial charge in [-0.25, -0.2) is 4.39 Å². The lowest BCUT2D eigenvalue weighted by Gasteiger charge is -2.15. The molecule has 0 aliphatic carbocycles. The number of rotatable bonds is 7. The van der Waals surface area contributed by atoms with Crippen LogP contribution in [0.15, 0.2) is 77.3 Å². The quantitative estimate of drug-likeness (QED) is 0.504. The molecule has 0 aliphatic rings. The molecule has 0 heterocycles. The standard InChI is InChI=1S/C23H20BrFN2O3/c1-15(26-22(28)14-30-21-12-6-18(24)7-13-21)16-4-10-20(11-5-16)27-23(29)17-2-8-19(25)9-3-17/h2-13,15H,14H2,1H3,(H,26,28)(H,27,29). The highest BCUT2D eigenvalue weighted by molar-refractivity contribution is 9.10. The van der Waals surface area contributed by atoms with E-state index in [9.17, 15) is 14.0 Å². The second-order valence-electron chi connectivity index (χ2n) is 6.61. The summed E-state index contributed by atoms with van der Waals surface area (Å²) in [6.07, 6.45) is 0. The third-order valence-corrected chi connectivity index (χ3v) is 4.86. The Morgan fingerprint density at radius 1 is 0.967 bits per heavy atom. The predicted octanol–water partition coefficient (Wildman–Crippen LogP) is 5.10. The summed E-state index contributed by atoms with van der Waals surface area (Å²) in [7, 11) is 0. The van der Waals surface area contributed by atoms with Crippen LogP contribution < -0.4 is 15.4 Å². The van der Waals surface area contributed by atoms with Crippen molar-refractivity contribution in [3.63, 3.8) is 0 Å². The van der Waals surface area contributed by atoms with Gasteiger partial charge in [0.15, 0.2) is 6.61 Å². The molecule has 3 rings (SSSR count). The Bertz CT molecular complexity index is 1010. The van der Waals surface area contributed by atoms with Gasteiger partial charge in [0.2, 0.25) is 0 Å². The molecule has 154 valence electrons. The zero-order valence-corrected chi connectivity index (χ0v) is 17.8. The minimum Gasteiger partial charge on any atom is -0.484 e. The van der Waals surface area contributed by atoms with Gasteiger partial charge in [-0.3, -0.25) is 9.59 Å². The molecule has 30 heavy (non-hydrogen) atoms. The van der Waals surface area contributed by atoms with Crippen LogP contribution in [0.4, 0.5) is 10.1 Å². The van der Waals surface area contributed by atoms with Crippen molar-refractivity contribution in [3.8, 4) is 5.75 Å². The number of anilines is 1. The Morgan fingerprint density at radius 2 is 1.60 bits per heavy atom. The summed E-state index contributed by atoms with van der Waals surface area (Å²) >= 11 is 3.34. The first-order valence-electron chi connectivity index (χ1n) is 9.25. The first-order chi connectivity index (χ1) is 14.4. The van der Waals surface area contributed by atoms with E-state index in [1.54, 1.807) is 24.3 Å². The fraction of sp³-hybridized carbons (Fsp3) is 0.130. The number of hydrogen-bond donors (Lipinski definition) is 2. The summed E-state index contributed by atoms with van der Waals surface area (Å²) in [5.74, 6) is -0.343. The molecule has 2 amide bonds. The molecule has 1 atom stereocenters. The van der Waals surface area contributed by atoms with Crippen molar-refractivity contribution in [2.45, 2.75) is 13.0 Å². The van der Waals surface area contributed by atoms with Crippen molar-refractivity contribution in [1.29, 1.82) is 0 Å². The molecule has 0 bridgehead atoms. The van der Waals surface area contributed by atoms with Crippen molar-refractivity contribution in [3.05, 3.63) is 94.2 Å². The third kappa shape index (κ3) is 6.15. The molecule has 3 aromatic carbocycles. The third-order valence-electron chi connectivity index (χ3n) is 4.34. The van der Waals surface area contributed by atoms with E-state index in [1.165, 1.54) is 24.3 Å². The second kappa shape index (κ2) is 10.0. The van der Waals surface area contributed by atoms with E-state index in [2.05, 4.69) is 26.6 Å². The molecular weight excluding hydrogens is 451 g/mol. The average molecular weight is 471 g/mol. The number of carbonyl (C=O) groups excluding carboxylic acids is 2. The van der Waals surface area contributed by atoms with Gasteiger partial charge in [-0.1, -0.05) is 28.1 Å². The molecule has 7 heteroatoms. The van der Waals surface area contributed by atoms with Crippen molar-refractivity contribution < 1.29 is 18.7 Å². The minimum atomic E-state index is -0.394. The Kier molecular flexibility index (Phi) is 7.19. The molecule has 2 N–H and O–H groups in total. The fourth-order valence-corrected chi connectivity index (χ4v) is 2.97. The normalized spacial score (nSPS) is 11.4. The maximum absolute atomic E-state index is 13.0. The average Bonchev–Trinajstić information content (AvgIpc) is 2.74. The Hall–Kier alpha value is -3.19. The molecule has 0 radical (unpaired) electrons. The molecule has 0 spiro atoms. The Morgan fingerprint density at radius 3 is 2.23 bits per heavy atom. The van der Waals surface area contributed by atoms with Crippen LogP contribution >= 0.6 is 15.9 Å². The van der Waals surface area contributed by atoms with Gasteiger partial charge in [-0.15, -0.1) is 0 Å². The number of ether oxygens (including phenoxy) is 1. The highest BCUT2D eigenvalue weighted by Gasteiger charge is 2.11. The van der Waals surface area contributed by atoms with Crippen LogP contribution in [0.25, 0.3) is 0 Å².